The van der Waals surface area contributed by atoms with Gasteiger partial charge < -0.3 is 10.1 Å². The Kier molecular flexibility index (Phi) is 5.90. The second-order valence-electron chi connectivity index (χ2n) is 5.41. The Bertz CT molecular complexity index is 495. The van der Waals surface area contributed by atoms with Crippen molar-refractivity contribution in [3.8, 4) is 0 Å². The Morgan fingerprint density at radius 3 is 2.29 bits per heavy atom. The van der Waals surface area contributed by atoms with Gasteiger partial charge in [-0.25, -0.2) is 0 Å². The summed E-state index contributed by atoms with van der Waals surface area (Å²) in [5.41, 5.74) is 0.950. The number of hydrogen-bond donors (Lipinski definition) is 1. The van der Waals surface area contributed by atoms with Crippen molar-refractivity contribution in [3.63, 3.8) is 0 Å². The highest BCUT2D eigenvalue weighted by atomic mass is 16.5. The molecule has 0 radical (unpaired) electrons. The summed E-state index contributed by atoms with van der Waals surface area (Å²) in [7, 11) is 3.48. The molecule has 0 heterocycles. The smallest absolute Gasteiger partial charge is 0.325 e. The van der Waals surface area contributed by atoms with Gasteiger partial charge in [-0.2, -0.15) is 0 Å². The monoisotopic (exact) mass is 292 g/mol. The number of ether oxygens (including phenoxy) is 1. The number of amides is 1. The molecule has 5 nitrogen and oxygen atoms in total. The van der Waals surface area contributed by atoms with Gasteiger partial charge in [-0.1, -0.05) is 12.1 Å². The molecule has 1 rings (SSSR count). The van der Waals surface area contributed by atoms with Crippen LogP contribution in [0.4, 0.5) is 0 Å². The van der Waals surface area contributed by atoms with Crippen molar-refractivity contribution >= 4 is 11.9 Å². The Morgan fingerprint density at radius 2 is 1.81 bits per heavy atom. The largest absolute Gasteiger partial charge is 0.465 e. The molecular weight excluding hydrogens is 268 g/mol. The van der Waals surface area contributed by atoms with Crippen molar-refractivity contribution in [2.75, 3.05) is 20.7 Å². The molecule has 1 amide bonds. The Hall–Kier alpha value is -1.88. The van der Waals surface area contributed by atoms with Gasteiger partial charge in [-0.05, 0) is 45.5 Å². The van der Waals surface area contributed by atoms with E-state index < -0.39 is 5.54 Å². The molecule has 0 aliphatic carbocycles. The molecule has 1 aromatic rings. The lowest BCUT2D eigenvalue weighted by Crippen LogP contribution is -2.48. The van der Waals surface area contributed by atoms with E-state index in [9.17, 15) is 9.59 Å². The molecule has 0 bridgehead atoms. The summed E-state index contributed by atoms with van der Waals surface area (Å²) in [5.74, 6) is -0.351. The summed E-state index contributed by atoms with van der Waals surface area (Å²) >= 11 is 0. The maximum absolute atomic E-state index is 12.0. The quantitative estimate of drug-likeness (QED) is 0.813. The summed E-state index contributed by atoms with van der Waals surface area (Å²) in [4.78, 5) is 25.4. The highest BCUT2D eigenvalue weighted by molar-refractivity contribution is 5.93. The van der Waals surface area contributed by atoms with Crippen LogP contribution in [0.1, 0.15) is 36.7 Å². The number of hydrogen-bond acceptors (Lipinski definition) is 4. The van der Waals surface area contributed by atoms with Crippen LogP contribution in [0.3, 0.4) is 0 Å². The minimum absolute atomic E-state index is 0.109. The van der Waals surface area contributed by atoms with Gasteiger partial charge in [0, 0.05) is 19.2 Å². The second kappa shape index (κ2) is 7.22. The average Bonchev–Trinajstić information content (AvgIpc) is 2.47. The number of carbonyl (C=O) groups is 2. The maximum Gasteiger partial charge on any atom is 0.325 e. The zero-order chi connectivity index (χ0) is 16.0. The summed E-state index contributed by atoms with van der Waals surface area (Å²) in [6.45, 7) is 6.44. The lowest BCUT2D eigenvalue weighted by atomic mass is 10.0. The van der Waals surface area contributed by atoms with Crippen LogP contribution < -0.4 is 5.32 Å². The molecule has 21 heavy (non-hydrogen) atoms. The molecule has 0 saturated heterocycles. The fraction of sp³-hybridized carbons (Fsp3) is 0.500. The average molecular weight is 292 g/mol. The van der Waals surface area contributed by atoms with Gasteiger partial charge in [0.05, 0.1) is 6.61 Å². The number of rotatable bonds is 6. The molecule has 0 atom stereocenters. The molecule has 0 aliphatic heterocycles. The Morgan fingerprint density at radius 1 is 1.24 bits per heavy atom. The minimum atomic E-state index is -0.699. The number of esters is 1. The van der Waals surface area contributed by atoms with Crippen molar-refractivity contribution in [1.82, 2.24) is 10.2 Å². The van der Waals surface area contributed by atoms with E-state index in [-0.39, 0.29) is 11.9 Å². The van der Waals surface area contributed by atoms with E-state index in [0.29, 0.717) is 18.7 Å². The van der Waals surface area contributed by atoms with Crippen molar-refractivity contribution in [2.45, 2.75) is 32.9 Å². The first-order chi connectivity index (χ1) is 9.82. The Balaban J connectivity index is 2.76. The summed E-state index contributed by atoms with van der Waals surface area (Å²) < 4.78 is 5.10. The van der Waals surface area contributed by atoms with E-state index in [1.54, 1.807) is 26.1 Å². The van der Waals surface area contributed by atoms with E-state index in [1.165, 1.54) is 0 Å². The first-order valence-corrected chi connectivity index (χ1v) is 7.02. The predicted molar refractivity (Wildman–Crippen MR) is 82.0 cm³/mol. The van der Waals surface area contributed by atoms with Crippen molar-refractivity contribution in [3.05, 3.63) is 35.4 Å². The van der Waals surface area contributed by atoms with E-state index in [1.807, 2.05) is 37.9 Å². The number of carbonyl (C=O) groups excluding carboxylic acids is 2. The molecule has 0 saturated carbocycles. The normalized spacial score (nSPS) is 11.3. The predicted octanol–water partition coefficient (Wildman–Crippen LogP) is 1.82. The maximum atomic E-state index is 12.0. The fourth-order valence-electron chi connectivity index (χ4n) is 1.84. The molecule has 0 unspecified atom stereocenters. The van der Waals surface area contributed by atoms with Crippen molar-refractivity contribution in [2.24, 2.45) is 0 Å². The molecule has 0 aromatic heterocycles. The number of nitrogens with zero attached hydrogens (tertiary/aromatic N) is 1. The van der Waals surface area contributed by atoms with Gasteiger partial charge in [0.2, 0.25) is 0 Å². The van der Waals surface area contributed by atoms with Gasteiger partial charge in [0.25, 0.3) is 5.91 Å². The second-order valence-corrected chi connectivity index (χ2v) is 5.41. The van der Waals surface area contributed by atoms with Crippen LogP contribution in [-0.2, 0) is 16.1 Å². The van der Waals surface area contributed by atoms with Crippen LogP contribution in [-0.4, -0.2) is 43.0 Å². The molecule has 0 spiro atoms. The zero-order valence-corrected chi connectivity index (χ0v) is 13.4. The van der Waals surface area contributed by atoms with Crippen molar-refractivity contribution in [1.29, 1.82) is 0 Å². The van der Waals surface area contributed by atoms with Crippen LogP contribution in [0.5, 0.6) is 0 Å². The van der Waals surface area contributed by atoms with Crippen LogP contribution in [0.25, 0.3) is 0 Å². The molecule has 1 N–H and O–H groups in total. The molecule has 0 aliphatic rings. The Labute approximate surface area is 126 Å². The van der Waals surface area contributed by atoms with E-state index in [0.717, 1.165) is 5.56 Å². The summed E-state index contributed by atoms with van der Waals surface area (Å²) in [6.07, 6.45) is 0. The highest BCUT2D eigenvalue weighted by Gasteiger charge is 2.33. The topological polar surface area (TPSA) is 58.6 Å². The molecule has 5 heteroatoms. The van der Waals surface area contributed by atoms with Crippen LogP contribution >= 0.6 is 0 Å². The van der Waals surface area contributed by atoms with Crippen LogP contribution in [0, 0.1) is 0 Å². The highest BCUT2D eigenvalue weighted by Crippen LogP contribution is 2.18. The van der Waals surface area contributed by atoms with Gasteiger partial charge in [0.15, 0.2) is 0 Å². The minimum Gasteiger partial charge on any atom is -0.465 e. The number of likely N-dealkylation sites (N-methyl/N-ethyl adjacent to an activating group) is 1. The van der Waals surface area contributed by atoms with Crippen LogP contribution in [0.2, 0.25) is 0 Å². The van der Waals surface area contributed by atoms with Crippen molar-refractivity contribution < 1.29 is 14.3 Å². The van der Waals surface area contributed by atoms with Gasteiger partial charge >= 0.3 is 5.97 Å². The zero-order valence-electron chi connectivity index (χ0n) is 13.4. The lowest BCUT2D eigenvalue weighted by Gasteiger charge is -2.33. The lowest BCUT2D eigenvalue weighted by molar-refractivity contribution is -0.155. The summed E-state index contributed by atoms with van der Waals surface area (Å²) in [5, 5.41) is 2.58. The van der Waals surface area contributed by atoms with Gasteiger partial charge in [-0.3, -0.25) is 14.5 Å². The number of benzene rings is 1. The van der Waals surface area contributed by atoms with E-state index in [4.69, 9.17) is 4.74 Å². The van der Waals surface area contributed by atoms with E-state index in [2.05, 4.69) is 5.32 Å². The number of nitrogens with one attached hydrogen (secondary N) is 1. The SMILES string of the molecule is CCOC(=O)C(C)(C)N(C)Cc1ccc(C(=O)NC)cc1. The fourth-order valence-corrected chi connectivity index (χ4v) is 1.84. The first-order valence-electron chi connectivity index (χ1n) is 7.02. The molecule has 1 aromatic carbocycles. The van der Waals surface area contributed by atoms with Gasteiger partial charge in [0.1, 0.15) is 5.54 Å². The molecule has 0 fully saturated rings. The van der Waals surface area contributed by atoms with Gasteiger partial charge in [-0.15, -0.1) is 0 Å². The first kappa shape index (κ1) is 17.2. The van der Waals surface area contributed by atoms with E-state index >= 15 is 0 Å². The third-order valence-electron chi connectivity index (χ3n) is 3.59. The molecular formula is C16H24N2O3. The third kappa shape index (κ3) is 4.29. The third-order valence-corrected chi connectivity index (χ3v) is 3.59. The molecule has 116 valence electrons. The van der Waals surface area contributed by atoms with Crippen LogP contribution in [0.15, 0.2) is 24.3 Å². The summed E-state index contributed by atoms with van der Waals surface area (Å²) in [6, 6.07) is 7.34. The standard InChI is InChI=1S/C16H24N2O3/c1-6-21-15(20)16(2,3)18(5)11-12-7-9-13(10-8-12)14(19)17-4/h7-10H,6,11H2,1-5H3,(H,17,19).